The van der Waals surface area contributed by atoms with Crippen molar-refractivity contribution in [2.45, 2.75) is 56.9 Å². The maximum absolute atomic E-state index is 13.2. The second kappa shape index (κ2) is 9.09. The van der Waals surface area contributed by atoms with Crippen LogP contribution in [-0.2, 0) is 20.2 Å². The fourth-order valence-corrected chi connectivity index (χ4v) is 5.34. The third-order valence-corrected chi connectivity index (χ3v) is 7.72. The minimum Gasteiger partial charge on any atom is -0.349 e. The van der Waals surface area contributed by atoms with E-state index in [0.717, 1.165) is 17.7 Å². The van der Waals surface area contributed by atoms with Crippen molar-refractivity contribution < 1.29 is 17.6 Å². The molecule has 0 unspecified atom stereocenters. The third kappa shape index (κ3) is 5.52. The van der Waals surface area contributed by atoms with E-state index in [1.54, 1.807) is 0 Å². The van der Waals surface area contributed by atoms with Crippen LogP contribution in [0.4, 0.5) is 4.39 Å². The summed E-state index contributed by atoms with van der Waals surface area (Å²) >= 11 is 0. The van der Waals surface area contributed by atoms with E-state index in [1.807, 2.05) is 19.1 Å². The highest BCUT2D eigenvalue weighted by Crippen LogP contribution is 2.26. The smallest absolute Gasteiger partial charge is 0.243 e. The Labute approximate surface area is 184 Å². The number of hydrogen-bond donors (Lipinski definition) is 1. The molecule has 7 heteroatoms. The molecule has 0 spiro atoms. The van der Waals surface area contributed by atoms with Crippen LogP contribution in [-0.4, -0.2) is 31.7 Å². The number of amides is 1. The van der Waals surface area contributed by atoms with Crippen LogP contribution in [0.25, 0.3) is 0 Å². The number of hydrogen-bond acceptors (Lipinski definition) is 3. The topological polar surface area (TPSA) is 66.5 Å². The number of carbonyl (C=O) groups excluding carboxylic acids is 1. The molecule has 3 rings (SSSR count). The van der Waals surface area contributed by atoms with Crippen molar-refractivity contribution in [2.24, 2.45) is 5.92 Å². The number of sulfonamides is 1. The Balaban J connectivity index is 1.66. The molecule has 2 atom stereocenters. The van der Waals surface area contributed by atoms with Crippen LogP contribution < -0.4 is 5.32 Å². The highest BCUT2D eigenvalue weighted by Gasteiger charge is 2.33. The first-order valence-corrected chi connectivity index (χ1v) is 12.1. The minimum absolute atomic E-state index is 0.0438. The Morgan fingerprint density at radius 2 is 1.71 bits per heavy atom. The van der Waals surface area contributed by atoms with Gasteiger partial charge in [-0.2, -0.15) is 4.31 Å². The van der Waals surface area contributed by atoms with Gasteiger partial charge in [-0.25, -0.2) is 12.8 Å². The van der Waals surface area contributed by atoms with E-state index in [1.165, 1.54) is 22.0 Å². The number of benzene rings is 2. The number of nitrogens with one attached hydrogen (secondary N) is 1. The highest BCUT2D eigenvalue weighted by molar-refractivity contribution is 7.89. The van der Waals surface area contributed by atoms with Crippen molar-refractivity contribution >= 4 is 15.9 Å². The summed E-state index contributed by atoms with van der Waals surface area (Å²) in [4.78, 5) is 12.9. The minimum atomic E-state index is -3.76. The average Bonchev–Trinajstić information content (AvgIpc) is 2.73. The molecular formula is C24H31FN2O3S. The molecule has 0 aliphatic carbocycles. The van der Waals surface area contributed by atoms with Crippen LogP contribution in [0.5, 0.6) is 0 Å². The van der Waals surface area contributed by atoms with Crippen LogP contribution >= 0.6 is 0 Å². The summed E-state index contributed by atoms with van der Waals surface area (Å²) in [7, 11) is -3.76. The predicted octanol–water partition coefficient (Wildman–Crippen LogP) is 4.40. The molecule has 2 aromatic rings. The second-order valence-corrected chi connectivity index (χ2v) is 11.2. The van der Waals surface area contributed by atoms with Crippen LogP contribution in [0.1, 0.15) is 57.7 Å². The molecule has 0 radical (unpaired) electrons. The summed E-state index contributed by atoms with van der Waals surface area (Å²) < 4.78 is 40.3. The van der Waals surface area contributed by atoms with Gasteiger partial charge >= 0.3 is 0 Å². The van der Waals surface area contributed by atoms with Gasteiger partial charge in [-0.1, -0.05) is 45.0 Å². The summed E-state index contributed by atoms with van der Waals surface area (Å²) in [5.74, 6) is -1.05. The summed E-state index contributed by atoms with van der Waals surface area (Å²) in [6, 6.07) is 12.8. The van der Waals surface area contributed by atoms with Crippen molar-refractivity contribution in [3.8, 4) is 0 Å². The Morgan fingerprint density at radius 1 is 1.10 bits per heavy atom. The van der Waals surface area contributed by atoms with Crippen LogP contribution in [0.3, 0.4) is 0 Å². The Bertz CT molecular complexity index is 1010. The van der Waals surface area contributed by atoms with Crippen LogP contribution in [0, 0.1) is 11.7 Å². The molecule has 2 aromatic carbocycles. The number of rotatable bonds is 5. The SMILES string of the molecule is C[C@H](NC(=O)[C@@H]1CCCN(S(=O)(=O)c2ccc(F)cc2)C1)c1ccc(C(C)(C)C)cc1. The van der Waals surface area contributed by atoms with Gasteiger partial charge in [-0.3, -0.25) is 4.79 Å². The van der Waals surface area contributed by atoms with E-state index < -0.39 is 21.8 Å². The van der Waals surface area contributed by atoms with Crippen molar-refractivity contribution in [3.63, 3.8) is 0 Å². The van der Waals surface area contributed by atoms with E-state index in [2.05, 4.69) is 38.2 Å². The van der Waals surface area contributed by atoms with Gasteiger partial charge in [-0.15, -0.1) is 0 Å². The van der Waals surface area contributed by atoms with E-state index in [-0.39, 0.29) is 28.8 Å². The lowest BCUT2D eigenvalue weighted by Gasteiger charge is -2.32. The van der Waals surface area contributed by atoms with Crippen molar-refractivity contribution in [3.05, 3.63) is 65.5 Å². The first-order valence-electron chi connectivity index (χ1n) is 10.6. The maximum atomic E-state index is 13.2. The summed E-state index contributed by atoms with van der Waals surface area (Å²) in [6.07, 6.45) is 1.24. The Kier molecular flexibility index (Phi) is 6.86. The van der Waals surface area contributed by atoms with Gasteiger partial charge in [0.25, 0.3) is 0 Å². The van der Waals surface area contributed by atoms with E-state index in [4.69, 9.17) is 0 Å². The molecule has 0 aromatic heterocycles. The van der Waals surface area contributed by atoms with Gasteiger partial charge in [0.1, 0.15) is 5.82 Å². The van der Waals surface area contributed by atoms with E-state index in [0.29, 0.717) is 19.4 Å². The molecule has 1 heterocycles. The first kappa shape index (κ1) is 23.4. The van der Waals surface area contributed by atoms with Gasteiger partial charge < -0.3 is 5.32 Å². The van der Waals surface area contributed by atoms with Gasteiger partial charge in [0, 0.05) is 13.1 Å². The molecule has 1 aliphatic rings. The molecule has 5 nitrogen and oxygen atoms in total. The zero-order chi connectivity index (χ0) is 22.8. The van der Waals surface area contributed by atoms with Crippen LogP contribution in [0.2, 0.25) is 0 Å². The largest absolute Gasteiger partial charge is 0.349 e. The fraction of sp³-hybridized carbons (Fsp3) is 0.458. The van der Waals surface area contributed by atoms with Gasteiger partial charge in [-0.05, 0) is 60.6 Å². The lowest BCUT2D eigenvalue weighted by Crippen LogP contribution is -2.45. The lowest BCUT2D eigenvalue weighted by molar-refractivity contribution is -0.126. The number of nitrogens with zero attached hydrogens (tertiary/aromatic N) is 1. The van der Waals surface area contributed by atoms with E-state index >= 15 is 0 Å². The van der Waals surface area contributed by atoms with Crippen molar-refractivity contribution in [1.82, 2.24) is 9.62 Å². The van der Waals surface area contributed by atoms with Gasteiger partial charge in [0.05, 0.1) is 16.9 Å². The van der Waals surface area contributed by atoms with Crippen LogP contribution in [0.15, 0.2) is 53.4 Å². The Morgan fingerprint density at radius 3 is 2.29 bits per heavy atom. The normalized spacial score (nSPS) is 19.1. The number of carbonyl (C=O) groups is 1. The number of piperidine rings is 1. The molecule has 1 saturated heterocycles. The van der Waals surface area contributed by atoms with Crippen molar-refractivity contribution in [1.29, 1.82) is 0 Å². The average molecular weight is 447 g/mol. The zero-order valence-corrected chi connectivity index (χ0v) is 19.4. The second-order valence-electron chi connectivity index (χ2n) is 9.26. The zero-order valence-electron chi connectivity index (χ0n) is 18.6. The van der Waals surface area contributed by atoms with Gasteiger partial charge in [0.15, 0.2) is 0 Å². The maximum Gasteiger partial charge on any atom is 0.243 e. The fourth-order valence-electron chi connectivity index (χ4n) is 3.82. The Hall–Kier alpha value is -2.25. The number of halogens is 1. The van der Waals surface area contributed by atoms with E-state index in [9.17, 15) is 17.6 Å². The summed E-state index contributed by atoms with van der Waals surface area (Å²) in [6.45, 7) is 8.88. The standard InChI is InChI=1S/C24H31FN2O3S/c1-17(18-7-9-20(10-8-18)24(2,3)4)26-23(28)19-6-5-15-27(16-19)31(29,30)22-13-11-21(25)12-14-22/h7-14,17,19H,5-6,15-16H2,1-4H3,(H,26,28)/t17-,19+/m0/s1. The summed E-state index contributed by atoms with van der Waals surface area (Å²) in [5.41, 5.74) is 2.30. The predicted molar refractivity (Wildman–Crippen MR) is 120 cm³/mol. The molecule has 0 saturated carbocycles. The molecule has 1 amide bonds. The van der Waals surface area contributed by atoms with Gasteiger partial charge in [0.2, 0.25) is 15.9 Å². The lowest BCUT2D eigenvalue weighted by atomic mass is 9.86. The molecule has 1 aliphatic heterocycles. The molecule has 1 fully saturated rings. The quantitative estimate of drug-likeness (QED) is 0.740. The molecule has 31 heavy (non-hydrogen) atoms. The molecule has 168 valence electrons. The first-order chi connectivity index (χ1) is 14.5. The summed E-state index contributed by atoms with van der Waals surface area (Å²) in [5, 5.41) is 3.03. The van der Waals surface area contributed by atoms with Crippen molar-refractivity contribution in [2.75, 3.05) is 13.1 Å². The molecule has 1 N–H and O–H groups in total. The molecular weight excluding hydrogens is 415 g/mol. The highest BCUT2D eigenvalue weighted by atomic mass is 32.2. The molecule has 0 bridgehead atoms. The monoisotopic (exact) mass is 446 g/mol. The third-order valence-electron chi connectivity index (χ3n) is 5.84.